The molecule has 0 unspecified atom stereocenters. The molecule has 0 saturated carbocycles. The number of anilines is 1. The van der Waals surface area contributed by atoms with Gasteiger partial charge in [0.15, 0.2) is 0 Å². The van der Waals surface area contributed by atoms with Crippen molar-refractivity contribution in [3.05, 3.63) is 29.8 Å². The number of hydrogen-bond acceptors (Lipinski definition) is 3. The van der Waals surface area contributed by atoms with Crippen molar-refractivity contribution in [1.29, 1.82) is 0 Å². The van der Waals surface area contributed by atoms with E-state index in [9.17, 15) is 8.42 Å². The van der Waals surface area contributed by atoms with Crippen LogP contribution in [0.4, 0.5) is 5.69 Å². The Kier molecular flexibility index (Phi) is 8.15. The van der Waals surface area contributed by atoms with Crippen molar-refractivity contribution in [2.75, 3.05) is 23.7 Å². The van der Waals surface area contributed by atoms with Gasteiger partial charge >= 0.3 is 0 Å². The molecular formula is C11H17KNO3S. The van der Waals surface area contributed by atoms with E-state index in [0.717, 1.165) is 11.3 Å². The maximum absolute atomic E-state index is 10.7. The first-order chi connectivity index (χ1) is 7.42. The molecule has 0 aliphatic heterocycles. The smallest absolute Gasteiger partial charge is 0.266 e. The second kappa shape index (κ2) is 7.88. The van der Waals surface area contributed by atoms with Gasteiger partial charge in [0.05, 0.1) is 5.75 Å². The predicted octanol–water partition coefficient (Wildman–Crippen LogP) is 1.33. The summed E-state index contributed by atoms with van der Waals surface area (Å²) in [5.41, 5.74) is 2.11. The van der Waals surface area contributed by atoms with Crippen molar-refractivity contribution < 1.29 is 13.0 Å². The molecule has 1 rings (SSSR count). The summed E-state index contributed by atoms with van der Waals surface area (Å²) in [5, 5.41) is 0. The van der Waals surface area contributed by atoms with Gasteiger partial charge in [0.2, 0.25) is 0 Å². The fraction of sp³-hybridized carbons (Fsp3) is 0.455. The van der Waals surface area contributed by atoms with Crippen LogP contribution in [0.2, 0.25) is 0 Å². The Hall–Kier alpha value is 0.566. The molecule has 0 atom stereocenters. The Balaban J connectivity index is 0.00000256. The quantitative estimate of drug-likeness (QED) is 0.654. The summed E-state index contributed by atoms with van der Waals surface area (Å²) >= 11 is 0. The fourth-order valence-electron chi connectivity index (χ4n) is 1.52. The standard InChI is InChI=1S/C11H17NO3S.K/c1-3-12(7-8-16(13,14)15)11-6-4-5-10(2)9-11;/h4-6,9H,3,7-8H2,1-2H3,(H,13,14,15);. The first kappa shape index (κ1) is 17.6. The molecule has 6 heteroatoms. The van der Waals surface area contributed by atoms with E-state index in [0.29, 0.717) is 13.1 Å². The third kappa shape index (κ3) is 6.90. The minimum atomic E-state index is -3.89. The molecule has 0 fully saturated rings. The summed E-state index contributed by atoms with van der Waals surface area (Å²) in [4.78, 5) is 1.92. The van der Waals surface area contributed by atoms with E-state index >= 15 is 0 Å². The predicted molar refractivity (Wildman–Crippen MR) is 71.2 cm³/mol. The average Bonchev–Trinajstić information content (AvgIpc) is 2.17. The summed E-state index contributed by atoms with van der Waals surface area (Å²) in [7, 11) is -3.89. The first-order valence-corrected chi connectivity index (χ1v) is 6.80. The molecule has 0 aromatic heterocycles. The van der Waals surface area contributed by atoms with Crippen LogP contribution in [0.1, 0.15) is 12.5 Å². The third-order valence-corrected chi connectivity index (χ3v) is 3.07. The number of aryl methyl sites for hydroxylation is 1. The van der Waals surface area contributed by atoms with Crippen molar-refractivity contribution in [3.63, 3.8) is 0 Å². The zero-order chi connectivity index (χ0) is 12.2. The minimum absolute atomic E-state index is 0. The van der Waals surface area contributed by atoms with Crippen LogP contribution >= 0.6 is 0 Å². The number of nitrogens with zero attached hydrogens (tertiary/aromatic N) is 1. The van der Waals surface area contributed by atoms with Gasteiger partial charge in [-0.3, -0.25) is 4.55 Å². The van der Waals surface area contributed by atoms with Crippen LogP contribution < -0.4 is 4.90 Å². The Bertz CT molecular complexity index is 448. The molecule has 0 heterocycles. The van der Waals surface area contributed by atoms with E-state index in [4.69, 9.17) is 4.55 Å². The molecule has 91 valence electrons. The van der Waals surface area contributed by atoms with Crippen molar-refractivity contribution in [3.8, 4) is 0 Å². The van der Waals surface area contributed by atoms with Gasteiger partial charge in [-0.2, -0.15) is 8.42 Å². The van der Waals surface area contributed by atoms with Gasteiger partial charge in [0, 0.05) is 70.2 Å². The molecule has 17 heavy (non-hydrogen) atoms. The first-order valence-electron chi connectivity index (χ1n) is 5.19. The normalized spacial score (nSPS) is 10.8. The second-order valence-corrected chi connectivity index (χ2v) is 5.28. The van der Waals surface area contributed by atoms with Crippen LogP contribution in [0, 0.1) is 6.92 Å². The van der Waals surface area contributed by atoms with Crippen LogP contribution in [-0.2, 0) is 10.1 Å². The van der Waals surface area contributed by atoms with Crippen LogP contribution in [0.15, 0.2) is 24.3 Å². The van der Waals surface area contributed by atoms with Crippen molar-refractivity contribution in [2.24, 2.45) is 0 Å². The summed E-state index contributed by atoms with van der Waals surface area (Å²) in [6.07, 6.45) is 0. The third-order valence-electron chi connectivity index (χ3n) is 2.37. The monoisotopic (exact) mass is 282 g/mol. The maximum atomic E-state index is 10.7. The number of benzene rings is 1. The summed E-state index contributed by atoms with van der Waals surface area (Å²) in [5.74, 6) is -0.241. The molecule has 1 radical (unpaired) electrons. The van der Waals surface area contributed by atoms with E-state index in [1.54, 1.807) is 0 Å². The fourth-order valence-corrected chi connectivity index (χ4v) is 1.97. The van der Waals surface area contributed by atoms with E-state index in [1.165, 1.54) is 0 Å². The van der Waals surface area contributed by atoms with Gasteiger partial charge in [0.25, 0.3) is 10.1 Å². The van der Waals surface area contributed by atoms with Crippen molar-refractivity contribution in [2.45, 2.75) is 13.8 Å². The van der Waals surface area contributed by atoms with Crippen molar-refractivity contribution >= 4 is 67.2 Å². The molecule has 0 saturated heterocycles. The Morgan fingerprint density at radius 3 is 2.47 bits per heavy atom. The molecule has 4 nitrogen and oxygen atoms in total. The Morgan fingerprint density at radius 1 is 1.35 bits per heavy atom. The SMILES string of the molecule is CCN(CCS(=O)(=O)O)c1cccc(C)c1.[K]. The summed E-state index contributed by atoms with van der Waals surface area (Å²) in [6.45, 7) is 4.95. The molecule has 1 aromatic carbocycles. The molecule has 0 spiro atoms. The zero-order valence-electron chi connectivity index (χ0n) is 10.5. The van der Waals surface area contributed by atoms with Gasteiger partial charge in [-0.05, 0) is 31.5 Å². The Labute approximate surface area is 146 Å². The molecule has 0 aliphatic rings. The van der Waals surface area contributed by atoms with Gasteiger partial charge in [0.1, 0.15) is 0 Å². The second-order valence-electron chi connectivity index (χ2n) is 3.70. The van der Waals surface area contributed by atoms with Gasteiger partial charge in [-0.15, -0.1) is 0 Å². The van der Waals surface area contributed by atoms with Gasteiger partial charge in [-0.25, -0.2) is 0 Å². The van der Waals surface area contributed by atoms with E-state index in [2.05, 4.69) is 0 Å². The van der Waals surface area contributed by atoms with Crippen LogP contribution in [0.25, 0.3) is 0 Å². The van der Waals surface area contributed by atoms with Crippen molar-refractivity contribution in [1.82, 2.24) is 0 Å². The van der Waals surface area contributed by atoms with Crippen LogP contribution in [-0.4, -0.2) is 83.2 Å². The molecule has 1 N–H and O–H groups in total. The minimum Gasteiger partial charge on any atom is -0.371 e. The number of rotatable bonds is 5. The number of hydrogen-bond donors (Lipinski definition) is 1. The maximum Gasteiger partial charge on any atom is 0.266 e. The topological polar surface area (TPSA) is 57.6 Å². The Morgan fingerprint density at radius 2 is 2.00 bits per heavy atom. The van der Waals surface area contributed by atoms with E-state index in [1.807, 2.05) is 43.0 Å². The van der Waals surface area contributed by atoms with Crippen LogP contribution in [0.5, 0.6) is 0 Å². The van der Waals surface area contributed by atoms with Gasteiger partial charge < -0.3 is 4.90 Å². The van der Waals surface area contributed by atoms with E-state index in [-0.39, 0.29) is 57.1 Å². The van der Waals surface area contributed by atoms with E-state index < -0.39 is 10.1 Å². The molecule has 0 bridgehead atoms. The summed E-state index contributed by atoms with van der Waals surface area (Å²) < 4.78 is 30.1. The molecule has 1 aromatic rings. The molecule has 0 amide bonds. The average molecular weight is 282 g/mol. The zero-order valence-corrected chi connectivity index (χ0v) is 14.5. The van der Waals surface area contributed by atoms with Crippen LogP contribution in [0.3, 0.4) is 0 Å². The largest absolute Gasteiger partial charge is 0.371 e. The molecule has 0 aliphatic carbocycles. The van der Waals surface area contributed by atoms with Gasteiger partial charge in [-0.1, -0.05) is 12.1 Å². The molecular weight excluding hydrogens is 265 g/mol. The summed E-state index contributed by atoms with van der Waals surface area (Å²) in [6, 6.07) is 7.84.